The molecular weight excluding hydrogens is 309 g/mol. The Bertz CT molecular complexity index is 892. The number of nitrogens with one attached hydrogen (secondary N) is 1. The number of nitrogens with two attached hydrogens (primary N) is 1. The monoisotopic (exact) mass is 319 g/mol. The van der Waals surface area contributed by atoms with Crippen molar-refractivity contribution < 1.29 is 13.9 Å². The van der Waals surface area contributed by atoms with Gasteiger partial charge in [-0.2, -0.15) is 0 Å². The molecule has 0 atom stereocenters. The molecule has 2 aromatic heterocycles. The topological polar surface area (TPSA) is 81.0 Å². The molecule has 3 aromatic rings. The number of nitrogen functional groups attached to an aromatic ring is 1. The highest BCUT2D eigenvalue weighted by molar-refractivity contribution is 6.35. The van der Waals surface area contributed by atoms with Crippen LogP contribution in [0.1, 0.15) is 10.5 Å². The van der Waals surface area contributed by atoms with Gasteiger partial charge in [-0.1, -0.05) is 17.7 Å². The third-order valence-electron chi connectivity index (χ3n) is 3.32. The van der Waals surface area contributed by atoms with Gasteiger partial charge in [0.25, 0.3) is 0 Å². The third kappa shape index (κ3) is 2.17. The Hall–Kier alpha value is -2.60. The van der Waals surface area contributed by atoms with Gasteiger partial charge in [0.2, 0.25) is 0 Å². The predicted octanol–water partition coefficient (Wildman–Crippen LogP) is 3.39. The third-order valence-corrected chi connectivity index (χ3v) is 3.70. The number of methoxy groups -OCH3 is 1. The van der Waals surface area contributed by atoms with E-state index in [-0.39, 0.29) is 22.1 Å². The Labute approximate surface area is 129 Å². The highest BCUT2D eigenvalue weighted by Gasteiger charge is 2.22. The number of carbonyl (C=O) groups is 1. The first-order valence-corrected chi connectivity index (χ1v) is 6.71. The van der Waals surface area contributed by atoms with E-state index in [9.17, 15) is 9.18 Å². The molecule has 7 heteroatoms. The van der Waals surface area contributed by atoms with Gasteiger partial charge < -0.3 is 15.5 Å². The lowest BCUT2D eigenvalue weighted by Crippen LogP contribution is -2.10. The van der Waals surface area contributed by atoms with Gasteiger partial charge in [0.1, 0.15) is 5.69 Å². The van der Waals surface area contributed by atoms with Gasteiger partial charge in [-0.05, 0) is 18.2 Å². The Morgan fingerprint density at radius 2 is 2.18 bits per heavy atom. The molecule has 1 aromatic carbocycles. The standard InChI is InChI=1S/C15H11ClFN3O2/c1-22-15(21)14-10(16)12(18)11(17)13(20-14)8-2-3-9-7(6-8)4-5-19-9/h2-6,19H,1H3,(H2,18,20). The van der Waals surface area contributed by atoms with E-state index in [2.05, 4.69) is 14.7 Å². The molecule has 0 bridgehead atoms. The molecule has 22 heavy (non-hydrogen) atoms. The number of benzene rings is 1. The number of nitrogens with zero attached hydrogens (tertiary/aromatic N) is 1. The summed E-state index contributed by atoms with van der Waals surface area (Å²) >= 11 is 5.88. The predicted molar refractivity (Wildman–Crippen MR) is 82.2 cm³/mol. The molecule has 2 heterocycles. The van der Waals surface area contributed by atoms with Crippen molar-refractivity contribution in [3.05, 3.63) is 47.0 Å². The van der Waals surface area contributed by atoms with Crippen molar-refractivity contribution in [3.8, 4) is 11.3 Å². The highest BCUT2D eigenvalue weighted by Crippen LogP contribution is 2.33. The SMILES string of the molecule is COC(=O)c1nc(-c2ccc3[nH]ccc3c2)c(F)c(N)c1Cl. The summed E-state index contributed by atoms with van der Waals surface area (Å²) in [5, 5.41) is 0.627. The number of esters is 1. The minimum atomic E-state index is -0.777. The Morgan fingerprint density at radius 1 is 1.41 bits per heavy atom. The summed E-state index contributed by atoms with van der Waals surface area (Å²) in [7, 11) is 1.19. The normalized spacial score (nSPS) is 10.9. The minimum Gasteiger partial charge on any atom is -0.464 e. The summed E-state index contributed by atoms with van der Waals surface area (Å²) in [6, 6.07) is 7.05. The number of hydrogen-bond acceptors (Lipinski definition) is 4. The zero-order valence-corrected chi connectivity index (χ0v) is 12.2. The van der Waals surface area contributed by atoms with Crippen molar-refractivity contribution >= 4 is 34.2 Å². The van der Waals surface area contributed by atoms with Crippen molar-refractivity contribution in [2.45, 2.75) is 0 Å². The van der Waals surface area contributed by atoms with Gasteiger partial charge in [0.15, 0.2) is 11.5 Å². The maximum atomic E-state index is 14.4. The van der Waals surface area contributed by atoms with Crippen molar-refractivity contribution in [1.82, 2.24) is 9.97 Å². The van der Waals surface area contributed by atoms with Crippen LogP contribution in [0.4, 0.5) is 10.1 Å². The van der Waals surface area contributed by atoms with Gasteiger partial charge >= 0.3 is 5.97 Å². The molecule has 0 saturated carbocycles. The minimum absolute atomic E-state index is 0.0506. The average molecular weight is 320 g/mol. The van der Waals surface area contributed by atoms with E-state index in [0.29, 0.717) is 5.56 Å². The zero-order valence-electron chi connectivity index (χ0n) is 11.5. The second-order valence-electron chi connectivity index (χ2n) is 4.62. The van der Waals surface area contributed by atoms with Crippen molar-refractivity contribution in [2.24, 2.45) is 0 Å². The van der Waals surface area contributed by atoms with Crippen molar-refractivity contribution in [3.63, 3.8) is 0 Å². The molecule has 0 aliphatic rings. The molecule has 0 aliphatic carbocycles. The Morgan fingerprint density at radius 3 is 2.91 bits per heavy atom. The second-order valence-corrected chi connectivity index (χ2v) is 5.00. The number of H-pyrrole nitrogens is 1. The largest absolute Gasteiger partial charge is 0.464 e. The van der Waals surface area contributed by atoms with Crippen LogP contribution in [0.15, 0.2) is 30.5 Å². The maximum absolute atomic E-state index is 14.4. The van der Waals surface area contributed by atoms with Crippen LogP contribution in [0.5, 0.6) is 0 Å². The molecule has 0 radical (unpaired) electrons. The molecule has 5 nitrogen and oxygen atoms in total. The van der Waals surface area contributed by atoms with E-state index >= 15 is 0 Å². The summed E-state index contributed by atoms with van der Waals surface area (Å²) < 4.78 is 19.0. The lowest BCUT2D eigenvalue weighted by Gasteiger charge is -2.10. The van der Waals surface area contributed by atoms with Crippen LogP contribution in [0, 0.1) is 5.82 Å². The number of carbonyl (C=O) groups excluding carboxylic acids is 1. The Kier molecular flexibility index (Phi) is 3.46. The van der Waals surface area contributed by atoms with Crippen LogP contribution in [0.25, 0.3) is 22.2 Å². The fourth-order valence-corrected chi connectivity index (χ4v) is 2.39. The number of aromatic nitrogens is 2. The van der Waals surface area contributed by atoms with Gasteiger partial charge in [-0.15, -0.1) is 0 Å². The number of hydrogen-bond donors (Lipinski definition) is 2. The van der Waals surface area contributed by atoms with E-state index in [1.807, 2.05) is 6.07 Å². The second kappa shape index (κ2) is 5.31. The quantitative estimate of drug-likeness (QED) is 0.709. The van der Waals surface area contributed by atoms with Gasteiger partial charge in [0, 0.05) is 22.7 Å². The smallest absolute Gasteiger partial charge is 0.358 e. The van der Waals surface area contributed by atoms with E-state index in [1.165, 1.54) is 7.11 Å². The average Bonchev–Trinajstić information content (AvgIpc) is 2.99. The highest BCUT2D eigenvalue weighted by atomic mass is 35.5. The lowest BCUT2D eigenvalue weighted by molar-refractivity contribution is 0.0594. The van der Waals surface area contributed by atoms with Gasteiger partial charge in [0.05, 0.1) is 17.8 Å². The van der Waals surface area contributed by atoms with E-state index in [0.717, 1.165) is 10.9 Å². The van der Waals surface area contributed by atoms with Crippen molar-refractivity contribution in [1.29, 1.82) is 0 Å². The van der Waals surface area contributed by atoms with Gasteiger partial charge in [-0.25, -0.2) is 14.2 Å². The van der Waals surface area contributed by atoms with E-state index in [1.54, 1.807) is 24.4 Å². The van der Waals surface area contributed by atoms with Crippen LogP contribution in [-0.4, -0.2) is 23.0 Å². The number of anilines is 1. The fraction of sp³-hybridized carbons (Fsp3) is 0.0667. The first-order valence-electron chi connectivity index (χ1n) is 6.33. The molecule has 0 amide bonds. The van der Waals surface area contributed by atoms with E-state index in [4.69, 9.17) is 17.3 Å². The molecular formula is C15H11ClFN3O2. The summed E-state index contributed by atoms with van der Waals surface area (Å²) in [5.74, 6) is -1.55. The van der Waals surface area contributed by atoms with Crippen LogP contribution < -0.4 is 5.73 Å². The molecule has 0 fully saturated rings. The number of rotatable bonds is 2. The summed E-state index contributed by atoms with van der Waals surface area (Å²) in [4.78, 5) is 18.7. The summed E-state index contributed by atoms with van der Waals surface area (Å²) in [5.41, 5.74) is 6.43. The lowest BCUT2D eigenvalue weighted by atomic mass is 10.1. The van der Waals surface area contributed by atoms with Crippen LogP contribution >= 0.6 is 11.6 Å². The molecule has 0 aliphatic heterocycles. The van der Waals surface area contributed by atoms with Crippen molar-refractivity contribution in [2.75, 3.05) is 12.8 Å². The van der Waals surface area contributed by atoms with E-state index < -0.39 is 11.8 Å². The first-order chi connectivity index (χ1) is 10.5. The number of ether oxygens (including phenoxy) is 1. The number of halogens is 2. The van der Waals surface area contributed by atoms with Crippen LogP contribution in [0.3, 0.4) is 0 Å². The molecule has 112 valence electrons. The molecule has 3 rings (SSSR count). The number of aromatic amines is 1. The Balaban J connectivity index is 2.25. The first kappa shape index (κ1) is 14.3. The summed E-state index contributed by atoms with van der Waals surface area (Å²) in [6.45, 7) is 0. The zero-order chi connectivity index (χ0) is 15.9. The van der Waals surface area contributed by atoms with Crippen LogP contribution in [0.2, 0.25) is 5.02 Å². The van der Waals surface area contributed by atoms with Gasteiger partial charge in [-0.3, -0.25) is 0 Å². The fourth-order valence-electron chi connectivity index (χ4n) is 2.19. The number of fused-ring (bicyclic) bond motifs is 1. The molecule has 3 N–H and O–H groups in total. The molecule has 0 saturated heterocycles. The molecule has 0 spiro atoms. The molecule has 0 unspecified atom stereocenters. The number of pyridine rings is 1. The summed E-state index contributed by atoms with van der Waals surface area (Å²) in [6.07, 6.45) is 1.77. The van der Waals surface area contributed by atoms with Crippen LogP contribution in [-0.2, 0) is 4.74 Å². The maximum Gasteiger partial charge on any atom is 0.358 e.